The van der Waals surface area contributed by atoms with E-state index in [1.54, 1.807) is 0 Å². The number of hydrogen-bond acceptors (Lipinski definition) is 3. The van der Waals surface area contributed by atoms with Crippen LogP contribution in [-0.4, -0.2) is 10.1 Å². The van der Waals surface area contributed by atoms with Crippen LogP contribution in [0.25, 0.3) is 11.1 Å². The van der Waals surface area contributed by atoms with Gasteiger partial charge in [0.05, 0.1) is 11.0 Å². The molecule has 1 aliphatic heterocycles. The largest absolute Gasteiger partial charge is 0.456 e. The molecular weight excluding hydrogens is 545 g/mol. The highest BCUT2D eigenvalue weighted by Crippen LogP contribution is 2.65. The van der Waals surface area contributed by atoms with E-state index in [9.17, 15) is 0 Å². The minimum atomic E-state index is -0.366. The van der Waals surface area contributed by atoms with Crippen LogP contribution in [-0.2, 0) is 5.41 Å². The Kier molecular flexibility index (Phi) is 6.06. The highest BCUT2D eigenvalue weighted by Gasteiger charge is 2.56. The molecule has 3 N–H and O–H groups in total. The van der Waals surface area contributed by atoms with Crippen LogP contribution in [0, 0.1) is 11.3 Å². The molecule has 1 heterocycles. The second kappa shape index (κ2) is 10.1. The van der Waals surface area contributed by atoms with Gasteiger partial charge < -0.3 is 4.74 Å². The molecular formula is C39H29N2OS+. The SMILES string of the molecule is N=C(SC(=[NH2+])c1ccc(-c2cccc3c2Oc2ccccc2C32c3ccccc3C3C=CC=CC32)cc1)c1ccccc1. The molecule has 206 valence electrons. The van der Waals surface area contributed by atoms with E-state index in [1.165, 1.54) is 34.0 Å². The summed E-state index contributed by atoms with van der Waals surface area (Å²) in [5.74, 6) is 2.35. The first-order chi connectivity index (χ1) is 21.2. The molecule has 0 bridgehead atoms. The quantitative estimate of drug-likeness (QED) is 0.170. The molecule has 0 radical (unpaired) electrons. The first kappa shape index (κ1) is 25.8. The van der Waals surface area contributed by atoms with Gasteiger partial charge in [-0.05, 0) is 46.7 Å². The van der Waals surface area contributed by atoms with Gasteiger partial charge in [0.25, 0.3) is 0 Å². The lowest BCUT2D eigenvalue weighted by atomic mass is 9.61. The highest BCUT2D eigenvalue weighted by molar-refractivity contribution is 8.27. The molecule has 2 aliphatic carbocycles. The second-order valence-electron chi connectivity index (χ2n) is 11.2. The zero-order valence-corrected chi connectivity index (χ0v) is 24.2. The molecule has 0 saturated heterocycles. The molecule has 3 unspecified atom stereocenters. The molecule has 43 heavy (non-hydrogen) atoms. The van der Waals surface area contributed by atoms with Crippen molar-refractivity contribution in [3.05, 3.63) is 179 Å². The molecule has 0 amide bonds. The summed E-state index contributed by atoms with van der Waals surface area (Å²) in [4.78, 5) is 0. The second-order valence-corrected chi connectivity index (χ2v) is 12.3. The van der Waals surface area contributed by atoms with Crippen molar-refractivity contribution in [1.82, 2.24) is 0 Å². The van der Waals surface area contributed by atoms with Crippen molar-refractivity contribution in [2.24, 2.45) is 5.92 Å². The molecule has 8 rings (SSSR count). The number of hydrogen-bond donors (Lipinski definition) is 2. The number of ether oxygens (including phenoxy) is 1. The van der Waals surface area contributed by atoms with E-state index in [-0.39, 0.29) is 11.3 Å². The van der Waals surface area contributed by atoms with Crippen LogP contribution in [0.5, 0.6) is 11.5 Å². The molecule has 5 aromatic carbocycles. The lowest BCUT2D eigenvalue weighted by Gasteiger charge is -2.43. The Hall–Kier alpha value is -4.93. The molecule has 1 spiro atoms. The molecule has 0 saturated carbocycles. The summed E-state index contributed by atoms with van der Waals surface area (Å²) < 4.78 is 6.82. The summed E-state index contributed by atoms with van der Waals surface area (Å²) in [5.41, 5.74) is 8.66. The van der Waals surface area contributed by atoms with Gasteiger partial charge in [0.1, 0.15) is 16.5 Å². The third-order valence-electron chi connectivity index (χ3n) is 9.07. The maximum Gasteiger partial charge on any atom is 0.245 e. The smallest absolute Gasteiger partial charge is 0.245 e. The first-order valence-corrected chi connectivity index (χ1v) is 15.4. The molecule has 0 fully saturated rings. The predicted octanol–water partition coefficient (Wildman–Crippen LogP) is 7.90. The fraction of sp³-hybridized carbons (Fsp3) is 0.0769. The van der Waals surface area contributed by atoms with Crippen LogP contribution in [0.15, 0.2) is 146 Å². The number of benzene rings is 5. The summed E-state index contributed by atoms with van der Waals surface area (Å²) in [6, 6.07) is 42.0. The van der Waals surface area contributed by atoms with Crippen LogP contribution >= 0.6 is 11.8 Å². The fourth-order valence-corrected chi connectivity index (χ4v) is 7.97. The normalized spacial score (nSPS) is 20.5. The Bertz CT molecular complexity index is 1970. The molecule has 3 nitrogen and oxygen atoms in total. The van der Waals surface area contributed by atoms with Crippen molar-refractivity contribution >= 4 is 21.8 Å². The number of nitrogens with one attached hydrogen (secondary N) is 1. The minimum absolute atomic E-state index is 0.239. The monoisotopic (exact) mass is 573 g/mol. The van der Waals surface area contributed by atoms with Crippen molar-refractivity contribution in [2.75, 3.05) is 0 Å². The van der Waals surface area contributed by atoms with E-state index < -0.39 is 0 Å². The van der Waals surface area contributed by atoms with Crippen molar-refractivity contribution in [3.63, 3.8) is 0 Å². The van der Waals surface area contributed by atoms with Crippen molar-refractivity contribution in [1.29, 1.82) is 5.41 Å². The number of para-hydroxylation sites is 2. The Labute approximate surface area is 255 Å². The van der Waals surface area contributed by atoms with Crippen molar-refractivity contribution < 1.29 is 10.1 Å². The van der Waals surface area contributed by atoms with Crippen LogP contribution in [0.3, 0.4) is 0 Å². The Morgan fingerprint density at radius 1 is 0.674 bits per heavy atom. The van der Waals surface area contributed by atoms with Gasteiger partial charge in [-0.15, -0.1) is 0 Å². The highest BCUT2D eigenvalue weighted by atomic mass is 32.2. The summed E-state index contributed by atoms with van der Waals surface area (Å²) in [6.45, 7) is 0. The predicted molar refractivity (Wildman–Crippen MR) is 176 cm³/mol. The zero-order valence-electron chi connectivity index (χ0n) is 23.4. The van der Waals surface area contributed by atoms with E-state index in [4.69, 9.17) is 15.6 Å². The standard InChI is InChI=1S/C39H28N2OS/c40-37(26-11-2-1-3-12-26)43-38(41)27-23-21-25(22-24-27)28-15-10-19-34-36(28)42-35-20-9-8-18-33(35)39(34)31-16-6-4-13-29(31)30-14-5-7-17-32(30)39/h1-24,29,31,40-41H/p+1. The number of nitrogens with two attached hydrogens (primary N) is 1. The van der Waals surface area contributed by atoms with Gasteiger partial charge in [-0.3, -0.25) is 5.41 Å². The Balaban J connectivity index is 1.23. The summed E-state index contributed by atoms with van der Waals surface area (Å²) in [7, 11) is 0. The zero-order chi connectivity index (χ0) is 29.0. The van der Waals surface area contributed by atoms with Gasteiger partial charge in [-0.25, -0.2) is 5.41 Å². The van der Waals surface area contributed by atoms with E-state index in [2.05, 4.69) is 103 Å². The molecule has 3 atom stereocenters. The minimum Gasteiger partial charge on any atom is -0.456 e. The number of thioether (sulfide) groups is 1. The van der Waals surface area contributed by atoms with Gasteiger partial charge in [0.2, 0.25) is 5.04 Å². The Morgan fingerprint density at radius 2 is 1.37 bits per heavy atom. The van der Waals surface area contributed by atoms with E-state index in [0.717, 1.165) is 33.8 Å². The number of rotatable bonds is 3. The summed E-state index contributed by atoms with van der Waals surface area (Å²) >= 11 is 1.28. The lowest BCUT2D eigenvalue weighted by Crippen LogP contribution is -2.38. The summed E-state index contributed by atoms with van der Waals surface area (Å²) in [5, 5.41) is 16.0. The number of allylic oxidation sites excluding steroid dienone is 4. The van der Waals surface area contributed by atoms with Gasteiger partial charge in [0.15, 0.2) is 0 Å². The third kappa shape index (κ3) is 3.90. The molecule has 0 aromatic heterocycles. The topological polar surface area (TPSA) is 58.7 Å². The third-order valence-corrected chi connectivity index (χ3v) is 9.97. The van der Waals surface area contributed by atoms with E-state index in [1.807, 2.05) is 42.5 Å². The lowest BCUT2D eigenvalue weighted by molar-refractivity contribution is -0.107. The van der Waals surface area contributed by atoms with E-state index in [0.29, 0.717) is 16.0 Å². The average molecular weight is 574 g/mol. The maximum absolute atomic E-state index is 8.48. The molecule has 5 aromatic rings. The van der Waals surface area contributed by atoms with Gasteiger partial charge in [0, 0.05) is 34.1 Å². The van der Waals surface area contributed by atoms with Gasteiger partial charge in [-0.2, -0.15) is 0 Å². The molecule has 3 aliphatic rings. The van der Waals surface area contributed by atoms with Gasteiger partial charge in [-0.1, -0.05) is 127 Å². The first-order valence-electron chi connectivity index (χ1n) is 14.6. The van der Waals surface area contributed by atoms with Crippen LogP contribution in [0.2, 0.25) is 0 Å². The van der Waals surface area contributed by atoms with Gasteiger partial charge >= 0.3 is 0 Å². The van der Waals surface area contributed by atoms with E-state index >= 15 is 0 Å². The summed E-state index contributed by atoms with van der Waals surface area (Å²) in [6.07, 6.45) is 9.13. The van der Waals surface area contributed by atoms with Crippen molar-refractivity contribution in [2.45, 2.75) is 11.3 Å². The fourth-order valence-electron chi connectivity index (χ4n) is 7.25. The van der Waals surface area contributed by atoms with Crippen LogP contribution < -0.4 is 10.1 Å². The maximum atomic E-state index is 8.48. The molecule has 4 heteroatoms. The van der Waals surface area contributed by atoms with Crippen LogP contribution in [0.1, 0.15) is 39.3 Å². The average Bonchev–Trinajstić information content (AvgIpc) is 3.36. The number of fused-ring (bicyclic) bond motifs is 9. The van der Waals surface area contributed by atoms with Crippen molar-refractivity contribution in [3.8, 4) is 22.6 Å². The van der Waals surface area contributed by atoms with Crippen LogP contribution in [0.4, 0.5) is 0 Å². The Morgan fingerprint density at radius 3 is 2.21 bits per heavy atom.